The smallest absolute Gasteiger partial charge is 0.366 e. The summed E-state index contributed by atoms with van der Waals surface area (Å²) in [6, 6.07) is 0.882. The number of nitrogens with zero attached hydrogens (tertiary/aromatic N) is 6. The molecule has 0 radical (unpaired) electrons. The van der Waals surface area contributed by atoms with Crippen LogP contribution in [0.3, 0.4) is 0 Å². The van der Waals surface area contributed by atoms with Gasteiger partial charge in [-0.05, 0) is 15.9 Å². The Balaban J connectivity index is 2.26. The van der Waals surface area contributed by atoms with Crippen LogP contribution in [-0.4, -0.2) is 29.4 Å². The fourth-order valence-electron chi connectivity index (χ4n) is 1.65. The topological polar surface area (TPSA) is 86.9 Å². The Labute approximate surface area is 117 Å². The predicted octanol–water partition coefficient (Wildman–Crippen LogP) is 1.67. The van der Waals surface area contributed by atoms with Crippen LogP contribution >= 0.6 is 15.9 Å². The largest absolute Gasteiger partial charge is 0.435 e. The summed E-state index contributed by atoms with van der Waals surface area (Å²) in [5.74, 6) is 0.0998. The van der Waals surface area contributed by atoms with Gasteiger partial charge >= 0.3 is 6.18 Å². The standard InChI is InChI=1S/C9H5BrF3N7/c10-7-16-8(14)18-20(7)6-4-3-5(9(11,12)13)17-19(4)2-1-15-6/h1-3H,(H2,14,18). The molecule has 11 heteroatoms. The van der Waals surface area contributed by atoms with Gasteiger partial charge in [-0.25, -0.2) is 9.50 Å². The van der Waals surface area contributed by atoms with Gasteiger partial charge in [0.2, 0.25) is 10.7 Å². The summed E-state index contributed by atoms with van der Waals surface area (Å²) in [4.78, 5) is 7.80. The Bertz CT molecular complexity index is 791. The molecule has 3 heterocycles. The van der Waals surface area contributed by atoms with Crippen LogP contribution in [0.5, 0.6) is 0 Å². The van der Waals surface area contributed by atoms with E-state index in [1.54, 1.807) is 0 Å². The maximum Gasteiger partial charge on any atom is 0.435 e. The van der Waals surface area contributed by atoms with Crippen molar-refractivity contribution in [3.05, 3.63) is 28.9 Å². The van der Waals surface area contributed by atoms with E-state index in [0.29, 0.717) is 0 Å². The average Bonchev–Trinajstić information content (AvgIpc) is 2.91. The lowest BCUT2D eigenvalue weighted by atomic mass is 10.4. The van der Waals surface area contributed by atoms with Gasteiger partial charge in [-0.3, -0.25) is 0 Å². The zero-order chi connectivity index (χ0) is 14.5. The maximum absolute atomic E-state index is 12.7. The monoisotopic (exact) mass is 347 g/mol. The summed E-state index contributed by atoms with van der Waals surface area (Å²) in [7, 11) is 0. The van der Waals surface area contributed by atoms with E-state index in [-0.39, 0.29) is 22.0 Å². The van der Waals surface area contributed by atoms with Crippen molar-refractivity contribution in [2.45, 2.75) is 6.18 Å². The molecule has 0 atom stereocenters. The number of hydrogen-bond donors (Lipinski definition) is 1. The molecule has 3 aromatic heterocycles. The molecule has 0 saturated carbocycles. The number of nitrogens with two attached hydrogens (primary N) is 1. The summed E-state index contributed by atoms with van der Waals surface area (Å²) in [5.41, 5.74) is 4.54. The summed E-state index contributed by atoms with van der Waals surface area (Å²) in [5, 5.41) is 7.30. The number of aromatic nitrogens is 6. The number of halogens is 4. The van der Waals surface area contributed by atoms with Gasteiger partial charge in [0.1, 0.15) is 5.52 Å². The van der Waals surface area contributed by atoms with E-state index >= 15 is 0 Å². The highest BCUT2D eigenvalue weighted by Crippen LogP contribution is 2.30. The van der Waals surface area contributed by atoms with Crippen molar-refractivity contribution in [2.24, 2.45) is 0 Å². The lowest BCUT2D eigenvalue weighted by Crippen LogP contribution is -2.05. The summed E-state index contributed by atoms with van der Waals surface area (Å²) >= 11 is 3.10. The fourth-order valence-corrected chi connectivity index (χ4v) is 2.08. The van der Waals surface area contributed by atoms with Crippen LogP contribution < -0.4 is 5.73 Å². The normalized spacial score (nSPS) is 12.2. The van der Waals surface area contributed by atoms with Gasteiger partial charge in [-0.1, -0.05) is 0 Å². The first kappa shape index (κ1) is 12.8. The Morgan fingerprint density at radius 3 is 2.60 bits per heavy atom. The van der Waals surface area contributed by atoms with Crippen molar-refractivity contribution < 1.29 is 13.2 Å². The number of hydrogen-bond acceptors (Lipinski definition) is 5. The van der Waals surface area contributed by atoms with E-state index in [1.807, 2.05) is 0 Å². The van der Waals surface area contributed by atoms with E-state index in [0.717, 1.165) is 10.6 Å². The van der Waals surface area contributed by atoms with Crippen LogP contribution in [-0.2, 0) is 6.18 Å². The van der Waals surface area contributed by atoms with Crippen molar-refractivity contribution >= 4 is 27.4 Å². The molecule has 0 aromatic carbocycles. The third kappa shape index (κ3) is 1.99. The van der Waals surface area contributed by atoms with Crippen molar-refractivity contribution in [3.8, 4) is 5.82 Å². The van der Waals surface area contributed by atoms with E-state index in [4.69, 9.17) is 5.73 Å². The van der Waals surface area contributed by atoms with Gasteiger partial charge in [0, 0.05) is 18.5 Å². The van der Waals surface area contributed by atoms with Crippen LogP contribution in [0, 0.1) is 0 Å². The molecule has 0 saturated heterocycles. The van der Waals surface area contributed by atoms with E-state index in [2.05, 4.69) is 36.1 Å². The number of rotatable bonds is 1. The Morgan fingerprint density at radius 1 is 1.25 bits per heavy atom. The zero-order valence-electron chi connectivity index (χ0n) is 9.50. The molecule has 20 heavy (non-hydrogen) atoms. The molecular weight excluding hydrogens is 343 g/mol. The molecule has 0 unspecified atom stereocenters. The quantitative estimate of drug-likeness (QED) is 0.723. The molecule has 0 fully saturated rings. The molecule has 0 amide bonds. The van der Waals surface area contributed by atoms with Crippen LogP contribution in [0.25, 0.3) is 11.3 Å². The van der Waals surface area contributed by atoms with Gasteiger partial charge in [0.15, 0.2) is 11.5 Å². The molecule has 7 nitrogen and oxygen atoms in total. The van der Waals surface area contributed by atoms with E-state index < -0.39 is 11.9 Å². The minimum absolute atomic E-state index is 0.0313. The first-order valence-corrected chi connectivity index (χ1v) is 5.95. The molecule has 0 aliphatic carbocycles. The van der Waals surface area contributed by atoms with Crippen molar-refractivity contribution in [1.82, 2.24) is 29.4 Å². The molecule has 0 aliphatic rings. The number of alkyl halides is 3. The third-order valence-corrected chi connectivity index (χ3v) is 2.96. The van der Waals surface area contributed by atoms with Gasteiger partial charge in [0.25, 0.3) is 0 Å². The first-order valence-electron chi connectivity index (χ1n) is 5.16. The second kappa shape index (κ2) is 4.16. The fraction of sp³-hybridized carbons (Fsp3) is 0.111. The van der Waals surface area contributed by atoms with Crippen LogP contribution in [0.1, 0.15) is 5.69 Å². The van der Waals surface area contributed by atoms with Crippen LogP contribution in [0.4, 0.5) is 19.1 Å². The minimum atomic E-state index is -4.54. The Kier molecular flexibility index (Phi) is 2.67. The summed E-state index contributed by atoms with van der Waals surface area (Å²) in [6.45, 7) is 0. The maximum atomic E-state index is 12.7. The van der Waals surface area contributed by atoms with Crippen molar-refractivity contribution in [2.75, 3.05) is 5.73 Å². The predicted molar refractivity (Wildman–Crippen MR) is 65.0 cm³/mol. The molecule has 3 aromatic rings. The molecule has 0 bridgehead atoms. The number of fused-ring (bicyclic) bond motifs is 1. The third-order valence-electron chi connectivity index (χ3n) is 2.44. The molecule has 2 N–H and O–H groups in total. The van der Waals surface area contributed by atoms with Gasteiger partial charge < -0.3 is 5.73 Å². The highest BCUT2D eigenvalue weighted by molar-refractivity contribution is 9.10. The first-order chi connectivity index (χ1) is 9.36. The second-order valence-corrected chi connectivity index (χ2v) is 4.47. The van der Waals surface area contributed by atoms with Gasteiger partial charge in [-0.2, -0.15) is 27.9 Å². The van der Waals surface area contributed by atoms with Crippen molar-refractivity contribution in [3.63, 3.8) is 0 Å². The Hall–Kier alpha value is -2.17. The molecule has 0 aliphatic heterocycles. The highest BCUT2D eigenvalue weighted by Gasteiger charge is 2.34. The lowest BCUT2D eigenvalue weighted by molar-refractivity contribution is -0.141. The number of anilines is 1. The van der Waals surface area contributed by atoms with Gasteiger partial charge in [0.05, 0.1) is 0 Å². The van der Waals surface area contributed by atoms with E-state index in [9.17, 15) is 13.2 Å². The lowest BCUT2D eigenvalue weighted by Gasteiger charge is -2.02. The van der Waals surface area contributed by atoms with Crippen LogP contribution in [0.15, 0.2) is 23.2 Å². The molecule has 104 valence electrons. The van der Waals surface area contributed by atoms with E-state index in [1.165, 1.54) is 17.1 Å². The average molecular weight is 348 g/mol. The number of nitrogen functional groups attached to an aromatic ring is 1. The summed E-state index contributed by atoms with van der Waals surface area (Å²) < 4.78 is 40.5. The summed E-state index contributed by atoms with van der Waals surface area (Å²) in [6.07, 6.45) is -1.93. The SMILES string of the molecule is Nc1nc(Br)n(-c2nccn3nc(C(F)(F)F)cc23)n1. The molecule has 3 rings (SSSR count). The highest BCUT2D eigenvalue weighted by atomic mass is 79.9. The minimum Gasteiger partial charge on any atom is -0.366 e. The van der Waals surface area contributed by atoms with Crippen LogP contribution in [0.2, 0.25) is 0 Å². The van der Waals surface area contributed by atoms with Gasteiger partial charge in [-0.15, -0.1) is 5.10 Å². The molecule has 0 spiro atoms. The molecular formula is C9H5BrF3N7. The second-order valence-electron chi connectivity index (χ2n) is 3.76. The Morgan fingerprint density at radius 2 is 2.00 bits per heavy atom. The zero-order valence-corrected chi connectivity index (χ0v) is 11.1. The van der Waals surface area contributed by atoms with Crippen molar-refractivity contribution in [1.29, 1.82) is 0 Å².